The molecule has 0 unspecified atom stereocenters. The maximum Gasteiger partial charge on any atom is 0.227 e. The first-order valence-corrected chi connectivity index (χ1v) is 10.4. The molecule has 2 aromatic rings. The Bertz CT molecular complexity index is 705. The Hall–Kier alpha value is -1.82. The molecule has 140 valence electrons. The van der Waals surface area contributed by atoms with Crippen molar-refractivity contribution in [1.82, 2.24) is 14.8 Å². The number of amides is 1. The smallest absolute Gasteiger partial charge is 0.227 e. The highest BCUT2D eigenvalue weighted by atomic mass is 32.2. The van der Waals surface area contributed by atoms with Crippen LogP contribution in [0.4, 0.5) is 5.69 Å². The molecule has 1 aromatic carbocycles. The van der Waals surface area contributed by atoms with Crippen LogP contribution in [0.2, 0.25) is 0 Å². The van der Waals surface area contributed by atoms with E-state index in [1.807, 2.05) is 35.9 Å². The number of hydrogen-bond acceptors (Lipinski definition) is 4. The molecule has 1 aliphatic carbocycles. The lowest BCUT2D eigenvalue weighted by Gasteiger charge is -2.27. The highest BCUT2D eigenvalue weighted by Gasteiger charge is 2.25. The summed E-state index contributed by atoms with van der Waals surface area (Å²) in [6.45, 7) is 2.25. The monoisotopic (exact) mass is 372 g/mol. The summed E-state index contributed by atoms with van der Waals surface area (Å²) in [5, 5.41) is 11.9. The second-order valence-corrected chi connectivity index (χ2v) is 8.24. The molecule has 1 fully saturated rings. The minimum absolute atomic E-state index is 0.167. The third-order valence-corrected chi connectivity index (χ3v) is 6.24. The Labute approximate surface area is 160 Å². The molecule has 1 aliphatic rings. The summed E-state index contributed by atoms with van der Waals surface area (Å²) in [6, 6.07) is 7.94. The van der Waals surface area contributed by atoms with Crippen LogP contribution in [0.15, 0.2) is 40.6 Å². The van der Waals surface area contributed by atoms with Crippen molar-refractivity contribution in [2.45, 2.75) is 61.9 Å². The van der Waals surface area contributed by atoms with Gasteiger partial charge < -0.3 is 9.88 Å². The van der Waals surface area contributed by atoms with Crippen LogP contribution in [-0.4, -0.2) is 20.7 Å². The normalized spacial score (nSPS) is 20.1. The van der Waals surface area contributed by atoms with Gasteiger partial charge >= 0.3 is 0 Å². The van der Waals surface area contributed by atoms with Crippen molar-refractivity contribution in [1.29, 1.82) is 0 Å². The molecule has 5 nitrogen and oxygen atoms in total. The Morgan fingerprint density at radius 3 is 2.58 bits per heavy atom. The van der Waals surface area contributed by atoms with E-state index in [1.54, 1.807) is 18.1 Å². The molecule has 0 bridgehead atoms. The Morgan fingerprint density at radius 1 is 1.23 bits per heavy atom. The molecule has 3 rings (SSSR count). The fourth-order valence-corrected chi connectivity index (χ4v) is 4.29. The summed E-state index contributed by atoms with van der Waals surface area (Å²) in [5.74, 6) is 1.17. The molecule has 0 aliphatic heterocycles. The summed E-state index contributed by atoms with van der Waals surface area (Å²) in [5.41, 5.74) is 0.866. The first-order valence-electron chi connectivity index (χ1n) is 9.58. The van der Waals surface area contributed by atoms with Gasteiger partial charge in [-0.25, -0.2) is 0 Å². The van der Waals surface area contributed by atoms with Crippen molar-refractivity contribution in [3.8, 4) is 0 Å². The van der Waals surface area contributed by atoms with Gasteiger partial charge in [0.05, 0.1) is 0 Å². The third-order valence-electron chi connectivity index (χ3n) is 5.18. The van der Waals surface area contributed by atoms with E-state index < -0.39 is 0 Å². The molecule has 0 atom stereocenters. The Morgan fingerprint density at radius 2 is 1.96 bits per heavy atom. The van der Waals surface area contributed by atoms with E-state index in [-0.39, 0.29) is 11.8 Å². The lowest BCUT2D eigenvalue weighted by atomic mass is 9.79. The molecular weight excluding hydrogens is 344 g/mol. The summed E-state index contributed by atoms with van der Waals surface area (Å²) < 4.78 is 1.89. The number of unbranched alkanes of at least 4 members (excludes halogenated alkanes) is 1. The van der Waals surface area contributed by atoms with Crippen LogP contribution in [0.3, 0.4) is 0 Å². The van der Waals surface area contributed by atoms with Crippen LogP contribution in [0.25, 0.3) is 0 Å². The van der Waals surface area contributed by atoms with Gasteiger partial charge in [0.15, 0.2) is 5.16 Å². The number of anilines is 1. The second-order valence-electron chi connectivity index (χ2n) is 7.20. The molecule has 0 saturated heterocycles. The van der Waals surface area contributed by atoms with Gasteiger partial charge in [0.2, 0.25) is 5.91 Å². The number of aromatic nitrogens is 3. The summed E-state index contributed by atoms with van der Waals surface area (Å²) >= 11 is 1.56. The number of hydrogen-bond donors (Lipinski definition) is 1. The molecule has 1 amide bonds. The average molecular weight is 373 g/mol. The molecule has 1 N–H and O–H groups in total. The minimum Gasteiger partial charge on any atom is -0.326 e. The fraction of sp³-hybridized carbons (Fsp3) is 0.550. The molecule has 26 heavy (non-hydrogen) atoms. The van der Waals surface area contributed by atoms with Crippen molar-refractivity contribution >= 4 is 23.4 Å². The topological polar surface area (TPSA) is 59.8 Å². The van der Waals surface area contributed by atoms with Crippen molar-refractivity contribution in [2.75, 3.05) is 5.32 Å². The van der Waals surface area contributed by atoms with Gasteiger partial charge in [0.1, 0.15) is 6.33 Å². The molecule has 1 heterocycles. The number of carbonyl (C=O) groups excluding carboxylic acids is 1. The van der Waals surface area contributed by atoms with E-state index in [9.17, 15) is 4.79 Å². The lowest BCUT2D eigenvalue weighted by molar-refractivity contribution is -0.121. The van der Waals surface area contributed by atoms with Crippen LogP contribution in [0.1, 0.15) is 51.9 Å². The van der Waals surface area contributed by atoms with E-state index in [4.69, 9.17) is 0 Å². The third kappa shape index (κ3) is 5.10. The second kappa shape index (κ2) is 9.21. The number of nitrogens with one attached hydrogen (secondary N) is 1. The first kappa shape index (κ1) is 19.0. The maximum absolute atomic E-state index is 12.5. The Balaban J connectivity index is 1.48. The van der Waals surface area contributed by atoms with Crippen LogP contribution >= 0.6 is 11.8 Å². The van der Waals surface area contributed by atoms with Crippen LogP contribution < -0.4 is 5.32 Å². The first-order chi connectivity index (χ1) is 12.7. The standard InChI is InChI=1S/C20H28N4OS/c1-3-4-5-15-6-8-16(9-7-15)19(25)22-17-10-12-18(13-11-17)26-20-23-21-14-24(20)2/h10-16H,3-9H2,1-2H3,(H,22,25). The fourth-order valence-electron chi connectivity index (χ4n) is 3.53. The van der Waals surface area contributed by atoms with Crippen LogP contribution in [0.5, 0.6) is 0 Å². The van der Waals surface area contributed by atoms with E-state index in [0.29, 0.717) is 0 Å². The van der Waals surface area contributed by atoms with Crippen molar-refractivity contribution in [3.63, 3.8) is 0 Å². The molecule has 1 saturated carbocycles. The molecule has 1 aromatic heterocycles. The predicted molar refractivity (Wildman–Crippen MR) is 105 cm³/mol. The largest absolute Gasteiger partial charge is 0.326 e. The van der Waals surface area contributed by atoms with Gasteiger partial charge in [-0.3, -0.25) is 4.79 Å². The van der Waals surface area contributed by atoms with E-state index in [2.05, 4.69) is 22.4 Å². The molecule has 0 spiro atoms. The van der Waals surface area contributed by atoms with Crippen LogP contribution in [0, 0.1) is 11.8 Å². The van der Waals surface area contributed by atoms with E-state index >= 15 is 0 Å². The molecular formula is C20H28N4OS. The predicted octanol–water partition coefficient (Wildman–Crippen LogP) is 4.90. The maximum atomic E-state index is 12.5. The quantitative estimate of drug-likeness (QED) is 0.751. The summed E-state index contributed by atoms with van der Waals surface area (Å²) in [6.07, 6.45) is 10.1. The van der Waals surface area contributed by atoms with E-state index in [1.165, 1.54) is 32.1 Å². The van der Waals surface area contributed by atoms with Crippen molar-refractivity contribution in [2.24, 2.45) is 18.9 Å². The van der Waals surface area contributed by atoms with Gasteiger partial charge in [-0.1, -0.05) is 26.2 Å². The number of rotatable bonds is 7. The minimum atomic E-state index is 0.167. The number of carbonyl (C=O) groups is 1. The van der Waals surface area contributed by atoms with Crippen molar-refractivity contribution < 1.29 is 4.79 Å². The van der Waals surface area contributed by atoms with Crippen molar-refractivity contribution in [3.05, 3.63) is 30.6 Å². The Kier molecular flexibility index (Phi) is 6.72. The van der Waals surface area contributed by atoms with Gasteiger partial charge in [-0.2, -0.15) is 0 Å². The van der Waals surface area contributed by atoms with Gasteiger partial charge in [-0.05, 0) is 67.6 Å². The molecule has 6 heteroatoms. The number of aryl methyl sites for hydroxylation is 1. The lowest BCUT2D eigenvalue weighted by Crippen LogP contribution is -2.27. The average Bonchev–Trinajstić information content (AvgIpc) is 3.06. The summed E-state index contributed by atoms with van der Waals surface area (Å²) in [4.78, 5) is 13.6. The summed E-state index contributed by atoms with van der Waals surface area (Å²) in [7, 11) is 1.92. The zero-order chi connectivity index (χ0) is 18.4. The highest BCUT2D eigenvalue weighted by Crippen LogP contribution is 2.33. The number of nitrogens with zero attached hydrogens (tertiary/aromatic N) is 3. The molecule has 0 radical (unpaired) electrons. The zero-order valence-corrected chi connectivity index (χ0v) is 16.5. The van der Waals surface area contributed by atoms with Crippen LogP contribution in [-0.2, 0) is 11.8 Å². The van der Waals surface area contributed by atoms with Gasteiger partial charge in [0.25, 0.3) is 0 Å². The van der Waals surface area contributed by atoms with Gasteiger partial charge in [-0.15, -0.1) is 10.2 Å². The SMILES string of the molecule is CCCCC1CCC(C(=O)Nc2ccc(Sc3nncn3C)cc2)CC1. The van der Waals surface area contributed by atoms with E-state index in [0.717, 1.165) is 34.5 Å². The zero-order valence-electron chi connectivity index (χ0n) is 15.6. The highest BCUT2D eigenvalue weighted by molar-refractivity contribution is 7.99. The number of benzene rings is 1. The van der Waals surface area contributed by atoms with Gasteiger partial charge in [0, 0.05) is 23.5 Å².